The Bertz CT molecular complexity index is 604. The summed E-state index contributed by atoms with van der Waals surface area (Å²) in [7, 11) is 0. The van der Waals surface area contributed by atoms with Crippen LogP contribution in [0.1, 0.15) is 70.4 Å². The maximum Gasteiger partial charge on any atom is 0.123 e. The third-order valence-corrected chi connectivity index (χ3v) is 5.53. The zero-order valence-electron chi connectivity index (χ0n) is 15.6. The molecule has 2 N–H and O–H groups in total. The second-order valence-corrected chi connectivity index (χ2v) is 7.63. The molecular weight excluding hydrogens is 296 g/mol. The van der Waals surface area contributed by atoms with Gasteiger partial charge in [-0.05, 0) is 69.1 Å². The van der Waals surface area contributed by atoms with Crippen LogP contribution in [0.2, 0.25) is 0 Å². The van der Waals surface area contributed by atoms with Gasteiger partial charge in [0.2, 0.25) is 0 Å². The molecule has 24 heavy (non-hydrogen) atoms. The lowest BCUT2D eigenvalue weighted by Crippen LogP contribution is -2.17. The Morgan fingerprint density at radius 1 is 1.29 bits per heavy atom. The van der Waals surface area contributed by atoms with Crippen molar-refractivity contribution < 1.29 is 10.2 Å². The fourth-order valence-corrected chi connectivity index (χ4v) is 3.69. The number of phenols is 2. The molecule has 0 bridgehead atoms. The molecule has 132 valence electrons. The fraction of sp³-hybridized carbons (Fsp3) is 0.545. The van der Waals surface area contributed by atoms with Gasteiger partial charge in [0.1, 0.15) is 11.5 Å². The monoisotopic (exact) mass is 328 g/mol. The molecule has 1 aromatic rings. The first-order valence-electron chi connectivity index (χ1n) is 9.20. The third kappa shape index (κ3) is 4.23. The predicted octanol–water partition coefficient (Wildman–Crippen LogP) is 6.09. The maximum atomic E-state index is 10.6. The van der Waals surface area contributed by atoms with E-state index in [0.29, 0.717) is 11.5 Å². The Hall–Kier alpha value is -1.70. The van der Waals surface area contributed by atoms with Crippen molar-refractivity contribution in [2.24, 2.45) is 11.8 Å². The standard InChI is InChI=1S/C22H32O2/c1-6-15(4)7-9-17-12-20(23)22(21(24)13-17)19-11-16(5)8-10-18(19)14(2)3/h11-13,15,18-19,23-24H,2,6-10H2,1,3-5H3. The Kier molecular flexibility index (Phi) is 6.15. The number of benzene rings is 1. The molecule has 2 rings (SSSR count). The molecule has 0 radical (unpaired) electrons. The van der Waals surface area contributed by atoms with Gasteiger partial charge in [-0.15, -0.1) is 0 Å². The number of rotatable bonds is 6. The quantitative estimate of drug-likeness (QED) is 0.620. The van der Waals surface area contributed by atoms with E-state index < -0.39 is 0 Å². The molecule has 1 aliphatic rings. The highest BCUT2D eigenvalue weighted by Gasteiger charge is 2.30. The highest BCUT2D eigenvalue weighted by molar-refractivity contribution is 5.51. The minimum Gasteiger partial charge on any atom is -0.507 e. The summed E-state index contributed by atoms with van der Waals surface area (Å²) in [5.41, 5.74) is 4.10. The molecule has 0 fully saturated rings. The Morgan fingerprint density at radius 2 is 1.92 bits per heavy atom. The minimum absolute atomic E-state index is 0.0138. The number of hydrogen-bond acceptors (Lipinski definition) is 2. The molecule has 0 amide bonds. The summed E-state index contributed by atoms with van der Waals surface area (Å²) in [6, 6.07) is 3.68. The summed E-state index contributed by atoms with van der Waals surface area (Å²) in [6.07, 6.45) is 7.39. The number of hydrogen-bond donors (Lipinski definition) is 2. The van der Waals surface area contributed by atoms with Crippen molar-refractivity contribution in [2.75, 3.05) is 0 Å². The van der Waals surface area contributed by atoms with Gasteiger partial charge in [-0.1, -0.05) is 44.1 Å². The average Bonchev–Trinajstić information content (AvgIpc) is 2.51. The molecule has 0 saturated heterocycles. The highest BCUT2D eigenvalue weighted by atomic mass is 16.3. The lowest BCUT2D eigenvalue weighted by Gasteiger charge is -2.31. The van der Waals surface area contributed by atoms with Crippen LogP contribution in [0.25, 0.3) is 0 Å². The SMILES string of the molecule is C=C(C)C1CCC(C)=CC1c1c(O)cc(CCC(C)CC)cc1O. The summed E-state index contributed by atoms with van der Waals surface area (Å²) < 4.78 is 0. The van der Waals surface area contributed by atoms with Gasteiger partial charge in [-0.25, -0.2) is 0 Å². The van der Waals surface area contributed by atoms with Gasteiger partial charge in [0.15, 0.2) is 0 Å². The predicted molar refractivity (Wildman–Crippen MR) is 102 cm³/mol. The summed E-state index contributed by atoms with van der Waals surface area (Å²) in [5, 5.41) is 21.2. The van der Waals surface area contributed by atoms with Crippen molar-refractivity contribution in [3.8, 4) is 11.5 Å². The minimum atomic E-state index is 0.0138. The summed E-state index contributed by atoms with van der Waals surface area (Å²) in [4.78, 5) is 0. The Labute approximate surface area is 146 Å². The van der Waals surface area contributed by atoms with Gasteiger partial charge in [-0.3, -0.25) is 0 Å². The van der Waals surface area contributed by atoms with E-state index in [2.05, 4.69) is 33.4 Å². The van der Waals surface area contributed by atoms with Gasteiger partial charge < -0.3 is 10.2 Å². The molecule has 1 aromatic carbocycles. The van der Waals surface area contributed by atoms with Crippen LogP contribution in [0.3, 0.4) is 0 Å². The normalized spacial score (nSPS) is 22.1. The molecule has 0 spiro atoms. The van der Waals surface area contributed by atoms with Crippen molar-refractivity contribution in [2.45, 2.75) is 65.7 Å². The molecular formula is C22H32O2. The molecule has 0 saturated carbocycles. The zero-order valence-corrected chi connectivity index (χ0v) is 15.6. The van der Waals surface area contributed by atoms with Crippen LogP contribution < -0.4 is 0 Å². The van der Waals surface area contributed by atoms with Crippen LogP contribution in [0.5, 0.6) is 11.5 Å². The van der Waals surface area contributed by atoms with Crippen molar-refractivity contribution in [1.29, 1.82) is 0 Å². The smallest absolute Gasteiger partial charge is 0.123 e. The van der Waals surface area contributed by atoms with E-state index in [1.807, 2.05) is 19.1 Å². The second-order valence-electron chi connectivity index (χ2n) is 7.63. The van der Waals surface area contributed by atoms with E-state index in [4.69, 9.17) is 0 Å². The molecule has 2 heteroatoms. The van der Waals surface area contributed by atoms with Crippen LogP contribution in [0.4, 0.5) is 0 Å². The first-order valence-corrected chi connectivity index (χ1v) is 9.20. The van der Waals surface area contributed by atoms with Gasteiger partial charge in [0.25, 0.3) is 0 Å². The average molecular weight is 328 g/mol. The molecule has 3 unspecified atom stereocenters. The van der Waals surface area contributed by atoms with E-state index in [1.54, 1.807) is 0 Å². The molecule has 1 aliphatic carbocycles. The second kappa shape index (κ2) is 7.92. The maximum absolute atomic E-state index is 10.6. The van der Waals surface area contributed by atoms with E-state index in [-0.39, 0.29) is 23.3 Å². The first kappa shape index (κ1) is 18.6. The number of aromatic hydroxyl groups is 2. The highest BCUT2D eigenvalue weighted by Crippen LogP contribution is 2.46. The largest absolute Gasteiger partial charge is 0.507 e. The molecule has 2 nitrogen and oxygen atoms in total. The van der Waals surface area contributed by atoms with E-state index in [0.717, 1.165) is 43.2 Å². The first-order chi connectivity index (χ1) is 11.3. The summed E-state index contributed by atoms with van der Waals surface area (Å²) in [6.45, 7) is 12.7. The fourth-order valence-electron chi connectivity index (χ4n) is 3.69. The zero-order chi connectivity index (χ0) is 17.9. The van der Waals surface area contributed by atoms with E-state index in [1.165, 1.54) is 5.57 Å². The summed E-state index contributed by atoms with van der Waals surface area (Å²) >= 11 is 0. The topological polar surface area (TPSA) is 40.5 Å². The lowest BCUT2D eigenvalue weighted by molar-refractivity contribution is 0.405. The van der Waals surface area contributed by atoms with Gasteiger partial charge in [0.05, 0.1) is 0 Å². The summed E-state index contributed by atoms with van der Waals surface area (Å²) in [5.74, 6) is 1.38. The number of phenolic OH excluding ortho intramolecular Hbond substituents is 2. The van der Waals surface area contributed by atoms with Gasteiger partial charge >= 0.3 is 0 Å². The van der Waals surface area contributed by atoms with Crippen LogP contribution >= 0.6 is 0 Å². The van der Waals surface area contributed by atoms with Crippen molar-refractivity contribution in [1.82, 2.24) is 0 Å². The molecule has 0 aliphatic heterocycles. The van der Waals surface area contributed by atoms with Crippen molar-refractivity contribution >= 4 is 0 Å². The Morgan fingerprint density at radius 3 is 2.46 bits per heavy atom. The van der Waals surface area contributed by atoms with Crippen LogP contribution in [0, 0.1) is 11.8 Å². The van der Waals surface area contributed by atoms with Crippen molar-refractivity contribution in [3.05, 3.63) is 47.1 Å². The van der Waals surface area contributed by atoms with Crippen LogP contribution in [0.15, 0.2) is 35.9 Å². The van der Waals surface area contributed by atoms with Crippen LogP contribution in [-0.4, -0.2) is 10.2 Å². The van der Waals surface area contributed by atoms with Crippen LogP contribution in [-0.2, 0) is 6.42 Å². The molecule has 0 heterocycles. The van der Waals surface area contributed by atoms with Gasteiger partial charge in [-0.2, -0.15) is 0 Å². The van der Waals surface area contributed by atoms with Gasteiger partial charge in [0, 0.05) is 11.5 Å². The third-order valence-electron chi connectivity index (χ3n) is 5.53. The number of allylic oxidation sites excluding steroid dienone is 3. The molecule has 3 atom stereocenters. The van der Waals surface area contributed by atoms with Crippen molar-refractivity contribution in [3.63, 3.8) is 0 Å². The Balaban J connectivity index is 2.32. The lowest BCUT2D eigenvalue weighted by atomic mass is 9.73. The number of aryl methyl sites for hydroxylation is 1. The molecule has 0 aromatic heterocycles. The van der Waals surface area contributed by atoms with E-state index >= 15 is 0 Å². The van der Waals surface area contributed by atoms with E-state index in [9.17, 15) is 10.2 Å².